The van der Waals surface area contributed by atoms with Gasteiger partial charge in [-0.05, 0) is 0 Å². The molecule has 1 aromatic rings. The lowest BCUT2D eigenvalue weighted by Gasteiger charge is -2.17. The lowest BCUT2D eigenvalue weighted by atomic mass is 10.1. The minimum atomic E-state index is -2.23. The quantitative estimate of drug-likeness (QED) is 0.398. The lowest BCUT2D eigenvalue weighted by Crippen LogP contribution is -2.38. The number of hydrogen-bond donors (Lipinski definition) is 5. The summed E-state index contributed by atoms with van der Waals surface area (Å²) in [6.45, 7) is -0.708. The maximum atomic E-state index is 14.0. The number of aliphatic hydroxyl groups is 3. The van der Waals surface area contributed by atoms with Crippen LogP contribution in [0.2, 0.25) is 0 Å². The molecule has 2 rings (SSSR count). The molecule has 0 spiro atoms. The molecule has 0 saturated carbocycles. The Morgan fingerprint density at radius 1 is 1.50 bits per heavy atom. The van der Waals surface area contributed by atoms with Crippen LogP contribution in [0.1, 0.15) is 17.9 Å². The number of rotatable bonds is 4. The molecule has 2 unspecified atom stereocenters. The third-order valence-electron chi connectivity index (χ3n) is 3.27. The van der Waals surface area contributed by atoms with Crippen molar-refractivity contribution < 1.29 is 34.3 Å². The standard InChI is InChI=1S/C11H13FN2O8/c12-5-7(17)4(2-15)22-9(5)14-1-3(6(16)10(19)20)8(18)13-11(14)21/h1,4-7,9,15-17H,2H2,(H,19,20)(H,13,18,21)/t4-,5+,6?,7?,9-/m1/s1. The molecule has 1 aromatic heterocycles. The highest BCUT2D eigenvalue weighted by Crippen LogP contribution is 2.30. The minimum absolute atomic E-state index is 0.506. The van der Waals surface area contributed by atoms with Crippen molar-refractivity contribution >= 4 is 5.97 Å². The summed E-state index contributed by atoms with van der Waals surface area (Å²) in [5.74, 6) is -1.74. The Bertz CT molecular complexity index is 685. The Morgan fingerprint density at radius 3 is 2.64 bits per heavy atom. The second kappa shape index (κ2) is 5.96. The van der Waals surface area contributed by atoms with Gasteiger partial charge in [0.2, 0.25) is 0 Å². The second-order valence-corrected chi connectivity index (χ2v) is 4.67. The summed E-state index contributed by atoms with van der Waals surface area (Å²) in [6.07, 6.45) is -8.36. The number of hydrogen-bond acceptors (Lipinski definition) is 7. The number of carboxylic acids is 1. The van der Waals surface area contributed by atoms with Crippen molar-refractivity contribution in [3.8, 4) is 0 Å². The molecular formula is C11H13FN2O8. The van der Waals surface area contributed by atoms with Gasteiger partial charge >= 0.3 is 11.7 Å². The Morgan fingerprint density at radius 2 is 2.14 bits per heavy atom. The van der Waals surface area contributed by atoms with Gasteiger partial charge in [0.1, 0.15) is 12.2 Å². The molecule has 0 amide bonds. The molecule has 0 radical (unpaired) electrons. The Hall–Kier alpha value is -2.08. The van der Waals surface area contributed by atoms with Crippen molar-refractivity contribution in [2.24, 2.45) is 0 Å². The van der Waals surface area contributed by atoms with E-state index in [4.69, 9.17) is 14.9 Å². The molecule has 10 nitrogen and oxygen atoms in total. The van der Waals surface area contributed by atoms with Crippen molar-refractivity contribution in [2.45, 2.75) is 30.7 Å². The Balaban J connectivity index is 2.48. The van der Waals surface area contributed by atoms with Crippen LogP contribution >= 0.6 is 0 Å². The fourth-order valence-corrected chi connectivity index (χ4v) is 2.10. The molecule has 5 atom stereocenters. The van der Waals surface area contributed by atoms with E-state index in [0.717, 1.165) is 0 Å². The number of carbonyl (C=O) groups is 1. The van der Waals surface area contributed by atoms with E-state index >= 15 is 0 Å². The van der Waals surface area contributed by atoms with E-state index in [9.17, 15) is 29.0 Å². The third-order valence-corrected chi connectivity index (χ3v) is 3.27. The van der Waals surface area contributed by atoms with Crippen LogP contribution in [0.5, 0.6) is 0 Å². The predicted octanol–water partition coefficient (Wildman–Crippen LogP) is -2.76. The summed E-state index contributed by atoms with van der Waals surface area (Å²) in [5, 5.41) is 36.5. The fraction of sp³-hybridized carbons (Fsp3) is 0.545. The Kier molecular flexibility index (Phi) is 4.42. The molecule has 22 heavy (non-hydrogen) atoms. The van der Waals surface area contributed by atoms with Crippen LogP contribution in [0.4, 0.5) is 4.39 Å². The van der Waals surface area contributed by atoms with E-state index < -0.39 is 60.1 Å². The van der Waals surface area contributed by atoms with Gasteiger partial charge in [-0.1, -0.05) is 0 Å². The van der Waals surface area contributed by atoms with Crippen LogP contribution in [0.15, 0.2) is 15.8 Å². The van der Waals surface area contributed by atoms with E-state index in [1.54, 1.807) is 4.98 Å². The molecule has 1 aliphatic heterocycles. The number of aliphatic carboxylic acids is 1. The van der Waals surface area contributed by atoms with Gasteiger partial charge in [-0.2, -0.15) is 0 Å². The third kappa shape index (κ3) is 2.66. The van der Waals surface area contributed by atoms with E-state index in [2.05, 4.69) is 0 Å². The van der Waals surface area contributed by atoms with Crippen LogP contribution in [0, 0.1) is 0 Å². The summed E-state index contributed by atoms with van der Waals surface area (Å²) in [5.41, 5.74) is -2.97. The van der Waals surface area contributed by atoms with E-state index in [-0.39, 0.29) is 0 Å². The number of nitrogens with zero attached hydrogens (tertiary/aromatic N) is 1. The highest BCUT2D eigenvalue weighted by molar-refractivity contribution is 5.73. The number of halogens is 1. The number of H-pyrrole nitrogens is 1. The first-order valence-electron chi connectivity index (χ1n) is 6.12. The molecule has 5 N–H and O–H groups in total. The molecule has 0 bridgehead atoms. The van der Waals surface area contributed by atoms with Gasteiger partial charge in [0.25, 0.3) is 5.56 Å². The molecule has 2 heterocycles. The van der Waals surface area contributed by atoms with Gasteiger partial charge < -0.3 is 25.2 Å². The SMILES string of the molecule is O=C(O)C(O)c1cn([C@@H]2O[C@H](CO)C(O)[C@@H]2F)c(=O)[nH]c1=O. The maximum Gasteiger partial charge on any atom is 0.337 e. The molecule has 0 aromatic carbocycles. The van der Waals surface area contributed by atoms with Crippen LogP contribution in [0.25, 0.3) is 0 Å². The molecule has 1 fully saturated rings. The number of aliphatic hydroxyl groups excluding tert-OH is 3. The first-order valence-corrected chi connectivity index (χ1v) is 6.12. The molecule has 1 saturated heterocycles. The summed E-state index contributed by atoms with van der Waals surface area (Å²) < 4.78 is 19.4. The van der Waals surface area contributed by atoms with Gasteiger partial charge in [0, 0.05) is 6.20 Å². The monoisotopic (exact) mass is 320 g/mol. The smallest absolute Gasteiger partial charge is 0.337 e. The van der Waals surface area contributed by atoms with E-state index in [1.807, 2.05) is 0 Å². The van der Waals surface area contributed by atoms with Crippen LogP contribution in [-0.2, 0) is 9.53 Å². The van der Waals surface area contributed by atoms with Gasteiger partial charge in [-0.15, -0.1) is 0 Å². The van der Waals surface area contributed by atoms with Crippen LogP contribution in [-0.4, -0.2) is 60.9 Å². The van der Waals surface area contributed by atoms with Gasteiger partial charge in [-0.3, -0.25) is 14.3 Å². The van der Waals surface area contributed by atoms with Crippen molar-refractivity contribution in [2.75, 3.05) is 6.61 Å². The van der Waals surface area contributed by atoms with Crippen molar-refractivity contribution in [1.82, 2.24) is 9.55 Å². The van der Waals surface area contributed by atoms with E-state index in [1.165, 1.54) is 0 Å². The number of ether oxygens (including phenoxy) is 1. The topological polar surface area (TPSA) is 162 Å². The number of aromatic nitrogens is 2. The largest absolute Gasteiger partial charge is 0.479 e. The van der Waals surface area contributed by atoms with Gasteiger partial charge in [-0.25, -0.2) is 14.0 Å². The highest BCUT2D eigenvalue weighted by Gasteiger charge is 2.45. The highest BCUT2D eigenvalue weighted by atomic mass is 19.1. The van der Waals surface area contributed by atoms with Crippen molar-refractivity contribution in [1.29, 1.82) is 0 Å². The van der Waals surface area contributed by atoms with Gasteiger partial charge in [0.05, 0.1) is 12.2 Å². The summed E-state index contributed by atoms with van der Waals surface area (Å²) in [4.78, 5) is 35.7. The Labute approximate surface area is 121 Å². The second-order valence-electron chi connectivity index (χ2n) is 4.67. The van der Waals surface area contributed by atoms with Gasteiger partial charge in [0.15, 0.2) is 18.5 Å². The minimum Gasteiger partial charge on any atom is -0.479 e. The average Bonchev–Trinajstić information content (AvgIpc) is 2.74. The van der Waals surface area contributed by atoms with E-state index in [0.29, 0.717) is 10.8 Å². The summed E-state index contributed by atoms with van der Waals surface area (Å²) in [7, 11) is 0. The van der Waals surface area contributed by atoms with Crippen molar-refractivity contribution in [3.63, 3.8) is 0 Å². The van der Waals surface area contributed by atoms with Crippen molar-refractivity contribution in [3.05, 3.63) is 32.6 Å². The number of alkyl halides is 1. The zero-order valence-electron chi connectivity index (χ0n) is 10.9. The normalized spacial score (nSPS) is 29.5. The zero-order chi connectivity index (χ0) is 16.6. The van der Waals surface area contributed by atoms with Crippen LogP contribution in [0.3, 0.4) is 0 Å². The molecule has 11 heteroatoms. The number of nitrogens with one attached hydrogen (secondary N) is 1. The zero-order valence-corrected chi connectivity index (χ0v) is 10.9. The summed E-state index contributed by atoms with van der Waals surface area (Å²) in [6, 6.07) is 0. The first kappa shape index (κ1) is 16.3. The predicted molar refractivity (Wildman–Crippen MR) is 65.8 cm³/mol. The maximum absolute atomic E-state index is 14.0. The molecule has 1 aliphatic rings. The molecule has 0 aliphatic carbocycles. The van der Waals surface area contributed by atoms with Crippen LogP contribution < -0.4 is 11.2 Å². The average molecular weight is 320 g/mol. The number of aromatic amines is 1. The first-order chi connectivity index (χ1) is 10.3. The molecular weight excluding hydrogens is 307 g/mol. The lowest BCUT2D eigenvalue weighted by molar-refractivity contribution is -0.147. The molecule has 122 valence electrons. The fourth-order valence-electron chi connectivity index (χ4n) is 2.10. The number of carboxylic acid groups (broad SMARTS) is 1. The summed E-state index contributed by atoms with van der Waals surface area (Å²) >= 11 is 0.